The number of hydrogen-bond donors (Lipinski definition) is 2. The maximum Gasteiger partial charge on any atom is 0.248 e. The minimum atomic E-state index is -0.615. The Balaban J connectivity index is 1.42. The Labute approximate surface area is 162 Å². The van der Waals surface area contributed by atoms with E-state index in [0.29, 0.717) is 23.3 Å². The van der Waals surface area contributed by atoms with Crippen molar-refractivity contribution in [1.82, 2.24) is 15.2 Å². The molecule has 1 amide bonds. The summed E-state index contributed by atoms with van der Waals surface area (Å²) in [6.07, 6.45) is 4.11. The second-order valence-electron chi connectivity index (χ2n) is 6.94. The predicted molar refractivity (Wildman–Crippen MR) is 104 cm³/mol. The largest absolute Gasteiger partial charge is 0.368 e. The summed E-state index contributed by atoms with van der Waals surface area (Å²) in [4.78, 5) is 15.8. The molecule has 2 atom stereocenters. The fraction of sp³-hybridized carbons (Fsp3) is 0.238. The fourth-order valence-corrected chi connectivity index (χ4v) is 3.48. The fourth-order valence-electron chi connectivity index (χ4n) is 3.48. The Morgan fingerprint density at radius 2 is 2.04 bits per heavy atom. The van der Waals surface area contributed by atoms with Gasteiger partial charge in [-0.1, -0.05) is 6.07 Å². The number of nitrogens with zero attached hydrogens (tertiary/aromatic N) is 3. The van der Waals surface area contributed by atoms with Crippen molar-refractivity contribution >= 4 is 11.7 Å². The predicted octanol–water partition coefficient (Wildman–Crippen LogP) is 3.38. The summed E-state index contributed by atoms with van der Waals surface area (Å²) in [6, 6.07) is 13.4. The van der Waals surface area contributed by atoms with Crippen LogP contribution in [0.1, 0.15) is 34.8 Å². The molecule has 0 bridgehead atoms. The molecule has 2 aromatic heterocycles. The highest BCUT2D eigenvalue weighted by Crippen LogP contribution is 2.41. The van der Waals surface area contributed by atoms with Crippen molar-refractivity contribution in [2.45, 2.75) is 18.8 Å². The van der Waals surface area contributed by atoms with Crippen LogP contribution in [0.15, 0.2) is 54.7 Å². The molecular weight excluding hydrogens is 357 g/mol. The first-order valence-corrected chi connectivity index (χ1v) is 9.20. The summed E-state index contributed by atoms with van der Waals surface area (Å²) in [5, 5.41) is 11.5. The van der Waals surface area contributed by atoms with E-state index in [1.54, 1.807) is 12.1 Å². The number of benzene rings is 1. The number of primary amides is 1. The molecule has 0 spiro atoms. The Bertz CT molecular complexity index is 978. The van der Waals surface area contributed by atoms with Crippen LogP contribution in [0.25, 0.3) is 11.3 Å². The van der Waals surface area contributed by atoms with Gasteiger partial charge in [0.2, 0.25) is 5.91 Å². The Morgan fingerprint density at radius 1 is 1.14 bits per heavy atom. The van der Waals surface area contributed by atoms with Crippen molar-refractivity contribution in [3.05, 3.63) is 71.8 Å². The van der Waals surface area contributed by atoms with Crippen LogP contribution in [0.5, 0.6) is 0 Å². The number of carbonyl (C=O) groups is 1. The number of pyridine rings is 1. The first-order chi connectivity index (χ1) is 13.6. The zero-order valence-corrected chi connectivity index (χ0v) is 15.2. The van der Waals surface area contributed by atoms with E-state index in [-0.39, 0.29) is 11.1 Å². The molecule has 4 rings (SSSR count). The molecule has 1 aromatic carbocycles. The van der Waals surface area contributed by atoms with Gasteiger partial charge in [-0.3, -0.25) is 9.78 Å². The van der Waals surface area contributed by atoms with Crippen LogP contribution in [0.2, 0.25) is 0 Å². The molecule has 0 saturated heterocycles. The molecule has 1 fully saturated rings. The van der Waals surface area contributed by atoms with Gasteiger partial charge in [0.25, 0.3) is 0 Å². The molecule has 1 saturated carbocycles. The van der Waals surface area contributed by atoms with Gasteiger partial charge in [-0.2, -0.15) is 0 Å². The third-order valence-electron chi connectivity index (χ3n) is 5.22. The van der Waals surface area contributed by atoms with Crippen LogP contribution in [-0.2, 0) is 0 Å². The van der Waals surface area contributed by atoms with E-state index < -0.39 is 11.7 Å². The Hall–Kier alpha value is -3.35. The van der Waals surface area contributed by atoms with E-state index in [9.17, 15) is 9.18 Å². The summed E-state index contributed by atoms with van der Waals surface area (Å²) in [5.74, 6) is 0.498. The maximum atomic E-state index is 14.1. The average molecular weight is 377 g/mol. The van der Waals surface area contributed by atoms with E-state index in [0.717, 1.165) is 25.1 Å². The van der Waals surface area contributed by atoms with Gasteiger partial charge in [-0.25, -0.2) is 4.39 Å². The number of anilines is 1. The van der Waals surface area contributed by atoms with Crippen LogP contribution in [0.4, 0.5) is 10.2 Å². The van der Waals surface area contributed by atoms with Crippen LogP contribution in [-0.4, -0.2) is 27.6 Å². The highest BCUT2D eigenvalue weighted by Gasteiger charge is 2.32. The molecule has 1 aliphatic carbocycles. The maximum absolute atomic E-state index is 14.1. The number of amides is 1. The molecule has 0 radical (unpaired) electrons. The lowest BCUT2D eigenvalue weighted by atomic mass is 9.71. The molecule has 3 N–H and O–H groups in total. The molecule has 0 aliphatic heterocycles. The zero-order chi connectivity index (χ0) is 19.5. The van der Waals surface area contributed by atoms with Gasteiger partial charge < -0.3 is 11.1 Å². The van der Waals surface area contributed by atoms with Crippen molar-refractivity contribution in [3.63, 3.8) is 0 Å². The lowest BCUT2D eigenvalue weighted by molar-refractivity contribution is 0.100. The third kappa shape index (κ3) is 3.69. The number of hydrogen-bond acceptors (Lipinski definition) is 5. The van der Waals surface area contributed by atoms with E-state index in [4.69, 9.17) is 5.73 Å². The van der Waals surface area contributed by atoms with Crippen molar-refractivity contribution < 1.29 is 9.18 Å². The SMILES string of the molecule is NC(=O)c1ccc(F)c(-c2ccc(NCC3CCC3c3ccccn3)nn2)c1. The number of halogens is 1. The second kappa shape index (κ2) is 7.72. The van der Waals surface area contributed by atoms with Gasteiger partial charge >= 0.3 is 0 Å². The van der Waals surface area contributed by atoms with E-state index >= 15 is 0 Å². The molecule has 28 heavy (non-hydrogen) atoms. The van der Waals surface area contributed by atoms with Crippen molar-refractivity contribution in [2.24, 2.45) is 11.7 Å². The number of carbonyl (C=O) groups excluding carboxylic acids is 1. The Morgan fingerprint density at radius 3 is 2.68 bits per heavy atom. The lowest BCUT2D eigenvalue weighted by Gasteiger charge is -2.36. The highest BCUT2D eigenvalue weighted by atomic mass is 19.1. The van der Waals surface area contributed by atoms with E-state index in [2.05, 4.69) is 26.6 Å². The van der Waals surface area contributed by atoms with E-state index in [1.807, 2.05) is 18.3 Å². The Kier molecular flexibility index (Phi) is 4.97. The molecule has 1 aliphatic rings. The summed E-state index contributed by atoms with van der Waals surface area (Å²) < 4.78 is 14.1. The highest BCUT2D eigenvalue weighted by molar-refractivity contribution is 5.94. The quantitative estimate of drug-likeness (QED) is 0.687. The molecule has 3 aromatic rings. The van der Waals surface area contributed by atoms with Gasteiger partial charge in [0.1, 0.15) is 11.6 Å². The monoisotopic (exact) mass is 377 g/mol. The van der Waals surface area contributed by atoms with Gasteiger partial charge in [0.05, 0.1) is 5.69 Å². The molecule has 142 valence electrons. The summed E-state index contributed by atoms with van der Waals surface area (Å²) in [5.41, 5.74) is 7.17. The summed E-state index contributed by atoms with van der Waals surface area (Å²) >= 11 is 0. The molecule has 6 nitrogen and oxygen atoms in total. The first kappa shape index (κ1) is 18.0. The molecular formula is C21H20FN5O. The number of nitrogens with two attached hydrogens (primary N) is 1. The zero-order valence-electron chi connectivity index (χ0n) is 15.2. The number of nitrogens with one attached hydrogen (secondary N) is 1. The van der Waals surface area contributed by atoms with Crippen LogP contribution in [0.3, 0.4) is 0 Å². The van der Waals surface area contributed by atoms with Crippen molar-refractivity contribution in [1.29, 1.82) is 0 Å². The van der Waals surface area contributed by atoms with Crippen LogP contribution < -0.4 is 11.1 Å². The van der Waals surface area contributed by atoms with Crippen LogP contribution >= 0.6 is 0 Å². The van der Waals surface area contributed by atoms with Gasteiger partial charge in [-0.15, -0.1) is 10.2 Å². The van der Waals surface area contributed by atoms with Crippen LogP contribution in [0, 0.1) is 11.7 Å². The topological polar surface area (TPSA) is 93.8 Å². The van der Waals surface area contributed by atoms with E-state index in [1.165, 1.54) is 18.2 Å². The first-order valence-electron chi connectivity index (χ1n) is 9.20. The van der Waals surface area contributed by atoms with Crippen molar-refractivity contribution in [3.8, 4) is 11.3 Å². The smallest absolute Gasteiger partial charge is 0.248 e. The van der Waals surface area contributed by atoms with Gasteiger partial charge in [0.15, 0.2) is 0 Å². The molecule has 7 heteroatoms. The lowest BCUT2D eigenvalue weighted by Crippen LogP contribution is -2.30. The second-order valence-corrected chi connectivity index (χ2v) is 6.94. The molecule has 2 unspecified atom stereocenters. The standard InChI is InChI=1S/C21H20FN5O/c22-17-7-5-13(21(23)28)11-16(17)19-8-9-20(27-26-19)25-12-14-4-6-15(14)18-3-1-2-10-24-18/h1-3,5,7-11,14-15H,4,6,12H2,(H2,23,28)(H,25,27). The average Bonchev–Trinajstić information content (AvgIpc) is 2.69. The minimum absolute atomic E-state index is 0.199. The summed E-state index contributed by atoms with van der Waals surface area (Å²) in [7, 11) is 0. The molecule has 2 heterocycles. The van der Waals surface area contributed by atoms with Crippen molar-refractivity contribution in [2.75, 3.05) is 11.9 Å². The third-order valence-corrected chi connectivity index (χ3v) is 5.22. The number of aromatic nitrogens is 3. The minimum Gasteiger partial charge on any atom is -0.368 e. The van der Waals surface area contributed by atoms with Gasteiger partial charge in [-0.05, 0) is 61.2 Å². The number of rotatable bonds is 6. The van der Waals surface area contributed by atoms with Gasteiger partial charge in [0, 0.05) is 35.5 Å². The summed E-state index contributed by atoms with van der Waals surface area (Å²) in [6.45, 7) is 0.779. The normalized spacial score (nSPS) is 18.3.